The zero-order chi connectivity index (χ0) is 36.2. The lowest BCUT2D eigenvalue weighted by Crippen LogP contribution is -2.30. The third-order valence-electron chi connectivity index (χ3n) is 9.47. The normalized spacial score (nSPS) is 12.1. The number of hydrogen-bond acceptors (Lipinski definition) is 6. The molecule has 0 unspecified atom stereocenters. The van der Waals surface area contributed by atoms with Crippen LogP contribution in [0.2, 0.25) is 0 Å². The lowest BCUT2D eigenvalue weighted by molar-refractivity contribution is -0.167. The van der Waals surface area contributed by atoms with E-state index in [0.717, 1.165) is 69.6 Å². The molecule has 0 rings (SSSR count). The Balaban J connectivity index is 4.31. The lowest BCUT2D eigenvalue weighted by Gasteiger charge is -2.18. The fourth-order valence-electron chi connectivity index (χ4n) is 6.22. The lowest BCUT2D eigenvalue weighted by atomic mass is 10.0. The minimum atomic E-state index is -0.759. The van der Waals surface area contributed by atoms with Gasteiger partial charge in [0.1, 0.15) is 13.2 Å². The van der Waals surface area contributed by atoms with Gasteiger partial charge in [-0.15, -0.1) is 0 Å². The third kappa shape index (κ3) is 37.5. The van der Waals surface area contributed by atoms with Gasteiger partial charge in [0.25, 0.3) is 0 Å². The summed E-state index contributed by atoms with van der Waals surface area (Å²) in [7, 11) is 0. The quantitative estimate of drug-likeness (QED) is 0.0366. The molecule has 0 aromatic heterocycles. The standard InChI is InChI=1S/C43H82O6/c1-6-7-8-9-10-13-18-25-30-35-43(46)49-40(37-48-42(45)34-29-24-20-19-22-27-32-39(4)5)36-47-41(44)33-28-23-17-15-12-11-14-16-21-26-31-38(2)3/h38-40H,6-37H2,1-5H3/t40-/m0/s1. The molecule has 290 valence electrons. The van der Waals surface area contributed by atoms with E-state index < -0.39 is 6.10 Å². The van der Waals surface area contributed by atoms with Gasteiger partial charge in [-0.05, 0) is 31.1 Å². The second-order valence-corrected chi connectivity index (χ2v) is 15.6. The van der Waals surface area contributed by atoms with Gasteiger partial charge in [-0.1, -0.05) is 189 Å². The Morgan fingerprint density at radius 3 is 1.00 bits per heavy atom. The molecule has 0 aliphatic rings. The molecule has 6 nitrogen and oxygen atoms in total. The van der Waals surface area contributed by atoms with E-state index in [4.69, 9.17) is 14.2 Å². The Bertz CT molecular complexity index is 749. The summed E-state index contributed by atoms with van der Waals surface area (Å²) in [6.45, 7) is 11.2. The third-order valence-corrected chi connectivity index (χ3v) is 9.47. The summed E-state index contributed by atoms with van der Waals surface area (Å²) in [6, 6.07) is 0. The molecule has 0 aliphatic heterocycles. The van der Waals surface area contributed by atoms with E-state index in [1.165, 1.54) is 116 Å². The van der Waals surface area contributed by atoms with E-state index in [1.54, 1.807) is 0 Å². The van der Waals surface area contributed by atoms with Gasteiger partial charge in [-0.25, -0.2) is 0 Å². The van der Waals surface area contributed by atoms with Crippen molar-refractivity contribution in [2.24, 2.45) is 11.8 Å². The molecule has 0 aromatic rings. The average molecular weight is 695 g/mol. The van der Waals surface area contributed by atoms with Gasteiger partial charge < -0.3 is 14.2 Å². The topological polar surface area (TPSA) is 78.9 Å². The van der Waals surface area contributed by atoms with Gasteiger partial charge in [-0.3, -0.25) is 14.4 Å². The maximum Gasteiger partial charge on any atom is 0.306 e. The van der Waals surface area contributed by atoms with Gasteiger partial charge in [-0.2, -0.15) is 0 Å². The van der Waals surface area contributed by atoms with Crippen LogP contribution in [0.1, 0.15) is 227 Å². The molecule has 0 bridgehead atoms. The molecule has 0 radical (unpaired) electrons. The van der Waals surface area contributed by atoms with Crippen LogP contribution in [0.15, 0.2) is 0 Å². The summed E-state index contributed by atoms with van der Waals surface area (Å²) in [5.41, 5.74) is 0. The summed E-state index contributed by atoms with van der Waals surface area (Å²) in [5.74, 6) is 0.713. The van der Waals surface area contributed by atoms with Gasteiger partial charge in [0.05, 0.1) is 0 Å². The molecule has 0 amide bonds. The van der Waals surface area contributed by atoms with Gasteiger partial charge in [0, 0.05) is 19.3 Å². The summed E-state index contributed by atoms with van der Waals surface area (Å²) < 4.78 is 16.6. The maximum absolute atomic E-state index is 12.6. The predicted octanol–water partition coefficient (Wildman–Crippen LogP) is 13.0. The average Bonchev–Trinajstić information content (AvgIpc) is 3.06. The molecular weight excluding hydrogens is 612 g/mol. The Hall–Kier alpha value is -1.59. The first-order chi connectivity index (χ1) is 23.7. The van der Waals surface area contributed by atoms with Crippen molar-refractivity contribution in [3.63, 3.8) is 0 Å². The highest BCUT2D eigenvalue weighted by Gasteiger charge is 2.19. The maximum atomic E-state index is 12.6. The summed E-state index contributed by atoms with van der Waals surface area (Å²) in [4.78, 5) is 37.5. The van der Waals surface area contributed by atoms with Crippen LogP contribution < -0.4 is 0 Å². The van der Waals surface area contributed by atoms with Crippen LogP contribution in [-0.2, 0) is 28.6 Å². The SMILES string of the molecule is CCCCCCCCCCCC(=O)O[C@@H](COC(=O)CCCCCCCCCCCCC(C)C)COC(=O)CCCCCCCCC(C)C. The second-order valence-electron chi connectivity index (χ2n) is 15.6. The molecule has 0 N–H and O–H groups in total. The fraction of sp³-hybridized carbons (Fsp3) is 0.930. The van der Waals surface area contributed by atoms with Crippen molar-refractivity contribution in [2.45, 2.75) is 233 Å². The molecule has 1 atom stereocenters. The van der Waals surface area contributed by atoms with Gasteiger partial charge >= 0.3 is 17.9 Å². The number of carbonyl (C=O) groups excluding carboxylic acids is 3. The molecule has 6 heteroatoms. The van der Waals surface area contributed by atoms with Crippen molar-refractivity contribution in [1.29, 1.82) is 0 Å². The van der Waals surface area contributed by atoms with E-state index in [1.807, 2.05) is 0 Å². The van der Waals surface area contributed by atoms with Crippen molar-refractivity contribution in [2.75, 3.05) is 13.2 Å². The van der Waals surface area contributed by atoms with E-state index in [9.17, 15) is 14.4 Å². The van der Waals surface area contributed by atoms with Gasteiger partial charge in [0.15, 0.2) is 6.10 Å². The van der Waals surface area contributed by atoms with Crippen molar-refractivity contribution >= 4 is 17.9 Å². The Labute approximate surface area is 304 Å². The largest absolute Gasteiger partial charge is 0.462 e. The highest BCUT2D eigenvalue weighted by Crippen LogP contribution is 2.16. The molecular formula is C43H82O6. The van der Waals surface area contributed by atoms with Crippen LogP contribution in [0.4, 0.5) is 0 Å². The minimum absolute atomic E-state index is 0.0663. The highest BCUT2D eigenvalue weighted by molar-refractivity contribution is 5.71. The Morgan fingerprint density at radius 2 is 0.673 bits per heavy atom. The zero-order valence-electron chi connectivity index (χ0n) is 33.3. The van der Waals surface area contributed by atoms with Gasteiger partial charge in [0.2, 0.25) is 0 Å². The fourth-order valence-corrected chi connectivity index (χ4v) is 6.22. The molecule has 0 aliphatic carbocycles. The van der Waals surface area contributed by atoms with E-state index in [-0.39, 0.29) is 31.1 Å². The smallest absolute Gasteiger partial charge is 0.306 e. The van der Waals surface area contributed by atoms with E-state index in [0.29, 0.717) is 19.3 Å². The second kappa shape index (κ2) is 36.2. The molecule has 0 fully saturated rings. The number of ether oxygens (including phenoxy) is 3. The van der Waals surface area contributed by atoms with Crippen LogP contribution in [0.5, 0.6) is 0 Å². The van der Waals surface area contributed by atoms with Crippen LogP contribution in [0, 0.1) is 11.8 Å². The highest BCUT2D eigenvalue weighted by atomic mass is 16.6. The van der Waals surface area contributed by atoms with Crippen molar-refractivity contribution in [3.8, 4) is 0 Å². The van der Waals surface area contributed by atoms with E-state index in [2.05, 4.69) is 34.6 Å². The molecule has 49 heavy (non-hydrogen) atoms. The van der Waals surface area contributed by atoms with Crippen LogP contribution in [-0.4, -0.2) is 37.2 Å². The van der Waals surface area contributed by atoms with Crippen molar-refractivity contribution in [3.05, 3.63) is 0 Å². The Morgan fingerprint density at radius 1 is 0.388 bits per heavy atom. The zero-order valence-corrected chi connectivity index (χ0v) is 33.3. The first-order valence-corrected chi connectivity index (χ1v) is 21.2. The van der Waals surface area contributed by atoms with Crippen molar-refractivity contribution in [1.82, 2.24) is 0 Å². The molecule has 0 heterocycles. The molecule has 0 saturated carbocycles. The van der Waals surface area contributed by atoms with Crippen LogP contribution in [0.25, 0.3) is 0 Å². The predicted molar refractivity (Wildman–Crippen MR) is 206 cm³/mol. The summed E-state index contributed by atoms with van der Waals surface area (Å²) in [6.07, 6.45) is 32.5. The van der Waals surface area contributed by atoms with Crippen LogP contribution >= 0.6 is 0 Å². The summed E-state index contributed by atoms with van der Waals surface area (Å²) >= 11 is 0. The number of esters is 3. The molecule has 0 aromatic carbocycles. The number of rotatable bonds is 37. The Kier molecular flexibility index (Phi) is 35.0. The van der Waals surface area contributed by atoms with Crippen molar-refractivity contribution < 1.29 is 28.6 Å². The number of hydrogen-bond donors (Lipinski definition) is 0. The van der Waals surface area contributed by atoms with Crippen LogP contribution in [0.3, 0.4) is 0 Å². The first kappa shape index (κ1) is 47.4. The summed E-state index contributed by atoms with van der Waals surface area (Å²) in [5, 5.41) is 0. The number of unbranched alkanes of at least 4 members (excludes halogenated alkanes) is 22. The monoisotopic (exact) mass is 695 g/mol. The molecule has 0 saturated heterocycles. The molecule has 0 spiro atoms. The van der Waals surface area contributed by atoms with E-state index >= 15 is 0 Å². The first-order valence-electron chi connectivity index (χ1n) is 21.2. The number of carbonyl (C=O) groups is 3. The minimum Gasteiger partial charge on any atom is -0.462 e.